The molecule has 14 heavy (non-hydrogen) atoms. The van der Waals surface area contributed by atoms with Gasteiger partial charge in [0.05, 0.1) is 0 Å². The van der Waals surface area contributed by atoms with Gasteiger partial charge in [-0.2, -0.15) is 11.8 Å². The number of aromatic nitrogens is 2. The van der Waals surface area contributed by atoms with Gasteiger partial charge in [-0.1, -0.05) is 6.92 Å². The summed E-state index contributed by atoms with van der Waals surface area (Å²) in [6.45, 7) is 4.99. The molecule has 0 radical (unpaired) electrons. The third-order valence-electron chi connectivity index (χ3n) is 1.87. The van der Waals surface area contributed by atoms with E-state index in [1.54, 1.807) is 0 Å². The van der Waals surface area contributed by atoms with Crippen LogP contribution in [0.15, 0.2) is 6.07 Å². The van der Waals surface area contributed by atoms with E-state index in [1.165, 1.54) is 0 Å². The Kier molecular flexibility index (Phi) is 4.73. The molecule has 3 nitrogen and oxygen atoms in total. The van der Waals surface area contributed by atoms with Crippen molar-refractivity contribution in [2.24, 2.45) is 0 Å². The molecule has 0 unspecified atom stereocenters. The fourth-order valence-electron chi connectivity index (χ4n) is 1.18. The Morgan fingerprint density at radius 1 is 1.43 bits per heavy atom. The summed E-state index contributed by atoms with van der Waals surface area (Å²) in [5.41, 5.74) is 1.10. The fourth-order valence-corrected chi connectivity index (χ4v) is 1.49. The van der Waals surface area contributed by atoms with Gasteiger partial charge in [0.2, 0.25) is 0 Å². The van der Waals surface area contributed by atoms with Crippen molar-refractivity contribution in [1.82, 2.24) is 9.97 Å². The van der Waals surface area contributed by atoms with Crippen LogP contribution in [0.5, 0.6) is 0 Å². The minimum absolute atomic E-state index is 0.844. The molecule has 0 bridgehead atoms. The first kappa shape index (κ1) is 11.3. The number of hydrogen-bond acceptors (Lipinski definition) is 4. The lowest BCUT2D eigenvalue weighted by Crippen LogP contribution is -2.07. The first-order valence-corrected chi connectivity index (χ1v) is 6.23. The molecule has 0 saturated heterocycles. The second-order valence-electron chi connectivity index (χ2n) is 3.06. The van der Waals surface area contributed by atoms with Crippen molar-refractivity contribution in [3.8, 4) is 0 Å². The quantitative estimate of drug-likeness (QED) is 0.757. The number of nitrogens with zero attached hydrogens (tertiary/aromatic N) is 2. The summed E-state index contributed by atoms with van der Waals surface area (Å²) >= 11 is 1.83. The maximum absolute atomic E-state index is 4.32. The lowest BCUT2D eigenvalue weighted by Gasteiger charge is -2.06. The topological polar surface area (TPSA) is 37.8 Å². The van der Waals surface area contributed by atoms with E-state index in [0.717, 1.165) is 36.1 Å². The summed E-state index contributed by atoms with van der Waals surface area (Å²) in [7, 11) is 0. The average Bonchev–Trinajstić information content (AvgIpc) is 2.17. The van der Waals surface area contributed by atoms with Crippen LogP contribution in [-0.2, 0) is 6.42 Å². The lowest BCUT2D eigenvalue weighted by atomic mass is 10.3. The van der Waals surface area contributed by atoms with E-state index in [2.05, 4.69) is 28.5 Å². The van der Waals surface area contributed by atoms with Crippen molar-refractivity contribution in [2.75, 3.05) is 23.9 Å². The first-order chi connectivity index (χ1) is 6.76. The molecule has 0 saturated carbocycles. The molecule has 0 spiro atoms. The SMILES string of the molecule is CCc1cc(NCCSC)nc(C)n1. The third-order valence-corrected chi connectivity index (χ3v) is 2.48. The highest BCUT2D eigenvalue weighted by atomic mass is 32.2. The number of aryl methyl sites for hydroxylation is 2. The zero-order chi connectivity index (χ0) is 10.4. The van der Waals surface area contributed by atoms with Crippen LogP contribution in [0, 0.1) is 6.92 Å². The van der Waals surface area contributed by atoms with Gasteiger partial charge < -0.3 is 5.32 Å². The summed E-state index contributed by atoms with van der Waals surface area (Å²) in [6.07, 6.45) is 3.06. The van der Waals surface area contributed by atoms with Gasteiger partial charge in [0, 0.05) is 24.1 Å². The molecule has 0 amide bonds. The van der Waals surface area contributed by atoms with E-state index in [1.807, 2.05) is 24.8 Å². The second kappa shape index (κ2) is 5.86. The van der Waals surface area contributed by atoms with Gasteiger partial charge >= 0.3 is 0 Å². The molecule has 0 aliphatic rings. The Labute approximate surface area is 89.7 Å². The summed E-state index contributed by atoms with van der Waals surface area (Å²) in [5, 5.41) is 3.29. The van der Waals surface area contributed by atoms with Gasteiger partial charge in [0.25, 0.3) is 0 Å². The summed E-state index contributed by atoms with van der Waals surface area (Å²) in [6, 6.07) is 2.02. The predicted octanol–water partition coefficient (Wildman–Crippen LogP) is 2.12. The zero-order valence-electron chi connectivity index (χ0n) is 9.00. The fraction of sp³-hybridized carbons (Fsp3) is 0.600. The van der Waals surface area contributed by atoms with Crippen LogP contribution in [0.4, 0.5) is 5.82 Å². The maximum Gasteiger partial charge on any atom is 0.129 e. The van der Waals surface area contributed by atoms with E-state index in [-0.39, 0.29) is 0 Å². The Morgan fingerprint density at radius 3 is 2.86 bits per heavy atom. The number of hydrogen-bond donors (Lipinski definition) is 1. The van der Waals surface area contributed by atoms with Crippen LogP contribution in [-0.4, -0.2) is 28.5 Å². The van der Waals surface area contributed by atoms with Crippen molar-refractivity contribution >= 4 is 17.6 Å². The Morgan fingerprint density at radius 2 is 2.21 bits per heavy atom. The van der Waals surface area contributed by atoms with E-state index in [4.69, 9.17) is 0 Å². The summed E-state index contributed by atoms with van der Waals surface area (Å²) in [4.78, 5) is 8.65. The summed E-state index contributed by atoms with van der Waals surface area (Å²) in [5.74, 6) is 2.89. The van der Waals surface area contributed by atoms with Crippen molar-refractivity contribution < 1.29 is 0 Å². The third kappa shape index (κ3) is 3.54. The lowest BCUT2D eigenvalue weighted by molar-refractivity contribution is 0.946. The van der Waals surface area contributed by atoms with Crippen LogP contribution in [0.2, 0.25) is 0 Å². The van der Waals surface area contributed by atoms with Gasteiger partial charge in [-0.15, -0.1) is 0 Å². The van der Waals surface area contributed by atoms with E-state index in [0.29, 0.717) is 0 Å². The maximum atomic E-state index is 4.32. The molecule has 0 aromatic carbocycles. The molecule has 78 valence electrons. The highest BCUT2D eigenvalue weighted by molar-refractivity contribution is 7.98. The van der Waals surface area contributed by atoms with Gasteiger partial charge in [0.1, 0.15) is 11.6 Å². The predicted molar refractivity (Wildman–Crippen MR) is 63.0 cm³/mol. The first-order valence-electron chi connectivity index (χ1n) is 4.83. The zero-order valence-corrected chi connectivity index (χ0v) is 9.82. The van der Waals surface area contributed by atoms with Crippen molar-refractivity contribution in [1.29, 1.82) is 0 Å². The van der Waals surface area contributed by atoms with E-state index >= 15 is 0 Å². The minimum Gasteiger partial charge on any atom is -0.369 e. The molecule has 1 N–H and O–H groups in total. The largest absolute Gasteiger partial charge is 0.369 e. The molecular weight excluding hydrogens is 194 g/mol. The number of thioether (sulfide) groups is 1. The second-order valence-corrected chi connectivity index (χ2v) is 4.05. The van der Waals surface area contributed by atoms with Crippen LogP contribution in [0.3, 0.4) is 0 Å². The van der Waals surface area contributed by atoms with Crippen molar-refractivity contribution in [2.45, 2.75) is 20.3 Å². The minimum atomic E-state index is 0.844. The smallest absolute Gasteiger partial charge is 0.129 e. The molecule has 1 aromatic heterocycles. The normalized spacial score (nSPS) is 10.2. The molecule has 0 aliphatic heterocycles. The highest BCUT2D eigenvalue weighted by Crippen LogP contribution is 2.07. The molecule has 1 heterocycles. The van der Waals surface area contributed by atoms with E-state index in [9.17, 15) is 0 Å². The van der Waals surface area contributed by atoms with Crippen molar-refractivity contribution in [3.05, 3.63) is 17.6 Å². The molecule has 0 fully saturated rings. The highest BCUT2D eigenvalue weighted by Gasteiger charge is 1.99. The molecular formula is C10H17N3S. The Hall–Kier alpha value is -0.770. The Bertz CT molecular complexity index is 289. The summed E-state index contributed by atoms with van der Waals surface area (Å²) < 4.78 is 0. The van der Waals surface area contributed by atoms with Crippen molar-refractivity contribution in [3.63, 3.8) is 0 Å². The molecule has 0 aliphatic carbocycles. The standard InChI is InChI=1S/C10H17N3S/c1-4-9-7-10(11-5-6-14-3)13-8(2)12-9/h7H,4-6H2,1-3H3,(H,11,12,13). The number of anilines is 1. The average molecular weight is 211 g/mol. The van der Waals surface area contributed by atoms with E-state index < -0.39 is 0 Å². The van der Waals surface area contributed by atoms with Crippen LogP contribution < -0.4 is 5.32 Å². The molecule has 1 aromatic rings. The molecule has 0 atom stereocenters. The van der Waals surface area contributed by atoms with Crippen LogP contribution in [0.25, 0.3) is 0 Å². The number of rotatable bonds is 5. The monoisotopic (exact) mass is 211 g/mol. The van der Waals surface area contributed by atoms with Gasteiger partial charge in [-0.3, -0.25) is 0 Å². The van der Waals surface area contributed by atoms with Crippen LogP contribution >= 0.6 is 11.8 Å². The van der Waals surface area contributed by atoms with Crippen LogP contribution in [0.1, 0.15) is 18.4 Å². The van der Waals surface area contributed by atoms with Gasteiger partial charge in [-0.05, 0) is 19.6 Å². The molecule has 4 heteroatoms. The number of nitrogens with one attached hydrogen (secondary N) is 1. The Balaban J connectivity index is 2.62. The molecule has 1 rings (SSSR count). The van der Waals surface area contributed by atoms with Gasteiger partial charge in [0.15, 0.2) is 0 Å². The van der Waals surface area contributed by atoms with Gasteiger partial charge in [-0.25, -0.2) is 9.97 Å².